The number of hydrogen-bond donors (Lipinski definition) is 3. The number of rotatable bonds is 5. The van der Waals surface area contributed by atoms with E-state index in [0.29, 0.717) is 31.2 Å². The number of hydrogen-bond acceptors (Lipinski definition) is 4. The molecule has 0 radical (unpaired) electrons. The zero-order valence-electron chi connectivity index (χ0n) is 17.8. The largest absolute Gasteiger partial charge is 0.465 e. The monoisotopic (exact) mass is 457 g/mol. The number of halogens is 1. The number of carboxylic acid groups (broad SMARTS) is 1. The topological polar surface area (TPSA) is 97.8 Å². The average molecular weight is 458 g/mol. The van der Waals surface area contributed by atoms with Crippen LogP contribution in [-0.4, -0.2) is 59.8 Å². The van der Waals surface area contributed by atoms with Gasteiger partial charge in [0.2, 0.25) is 0 Å². The molecule has 9 heteroatoms. The van der Waals surface area contributed by atoms with E-state index in [1.54, 1.807) is 6.20 Å². The highest BCUT2D eigenvalue weighted by atomic mass is 35.5. The van der Waals surface area contributed by atoms with Crippen LogP contribution in [0.15, 0.2) is 42.6 Å². The number of nitrogens with zero attached hydrogens (tertiary/aromatic N) is 3. The van der Waals surface area contributed by atoms with Gasteiger partial charge in [0.1, 0.15) is 5.82 Å². The van der Waals surface area contributed by atoms with Crippen LogP contribution in [0, 0.1) is 5.92 Å². The fourth-order valence-electron chi connectivity index (χ4n) is 4.44. The standard InChI is InChI=1S/C23H28ClN5O3/c24-19-3-1-17(2-4-19)18-8-11-28(12-9-18)22(30)27-20-5-6-21(25-14-20)29-10-7-16(15-29)13-26-23(31)32/h1-6,14,16,18,26H,7-13,15H2,(H,27,30)(H,31,32). The molecule has 2 aliphatic heterocycles. The maximum atomic E-state index is 12.7. The number of benzene rings is 1. The minimum atomic E-state index is -0.990. The number of urea groups is 1. The first-order valence-electron chi connectivity index (χ1n) is 11.0. The Morgan fingerprint density at radius 1 is 1.06 bits per heavy atom. The van der Waals surface area contributed by atoms with E-state index >= 15 is 0 Å². The summed E-state index contributed by atoms with van der Waals surface area (Å²) in [5.41, 5.74) is 1.94. The summed E-state index contributed by atoms with van der Waals surface area (Å²) in [6, 6.07) is 11.6. The van der Waals surface area contributed by atoms with Crippen molar-refractivity contribution in [3.05, 3.63) is 53.2 Å². The maximum absolute atomic E-state index is 12.7. The zero-order valence-corrected chi connectivity index (χ0v) is 18.6. The third kappa shape index (κ3) is 5.62. The lowest BCUT2D eigenvalue weighted by Crippen LogP contribution is -2.40. The molecule has 2 aromatic rings. The Labute approximate surface area is 192 Å². The molecule has 2 fully saturated rings. The van der Waals surface area contributed by atoms with Gasteiger partial charge in [0.25, 0.3) is 0 Å². The van der Waals surface area contributed by atoms with Gasteiger partial charge in [0, 0.05) is 37.7 Å². The van der Waals surface area contributed by atoms with Crippen molar-refractivity contribution in [2.75, 3.05) is 42.9 Å². The Morgan fingerprint density at radius 3 is 2.47 bits per heavy atom. The van der Waals surface area contributed by atoms with E-state index in [9.17, 15) is 9.59 Å². The second-order valence-corrected chi connectivity index (χ2v) is 8.87. The Kier molecular flexibility index (Phi) is 6.99. The van der Waals surface area contributed by atoms with Crippen molar-refractivity contribution in [1.82, 2.24) is 15.2 Å². The van der Waals surface area contributed by atoms with Crippen molar-refractivity contribution < 1.29 is 14.7 Å². The van der Waals surface area contributed by atoms with Crippen molar-refractivity contribution >= 4 is 35.2 Å². The van der Waals surface area contributed by atoms with Gasteiger partial charge in [-0.15, -0.1) is 0 Å². The SMILES string of the molecule is O=C(O)NCC1CCN(c2ccc(NC(=O)N3CCC(c4ccc(Cl)cc4)CC3)cn2)C1. The van der Waals surface area contributed by atoms with E-state index in [-0.39, 0.29) is 11.9 Å². The van der Waals surface area contributed by atoms with Crippen molar-refractivity contribution in [3.8, 4) is 0 Å². The van der Waals surface area contributed by atoms with E-state index in [4.69, 9.17) is 16.7 Å². The Hall–Kier alpha value is -3.00. The number of carbonyl (C=O) groups excluding carboxylic acids is 1. The predicted molar refractivity (Wildman–Crippen MR) is 125 cm³/mol. The van der Waals surface area contributed by atoms with Gasteiger partial charge >= 0.3 is 12.1 Å². The summed E-state index contributed by atoms with van der Waals surface area (Å²) >= 11 is 5.98. The van der Waals surface area contributed by atoms with Crippen molar-refractivity contribution in [1.29, 1.82) is 0 Å². The Bertz CT molecular complexity index is 930. The average Bonchev–Trinajstić information content (AvgIpc) is 3.28. The first-order valence-corrected chi connectivity index (χ1v) is 11.3. The van der Waals surface area contributed by atoms with E-state index in [1.165, 1.54) is 5.56 Å². The van der Waals surface area contributed by atoms with Crippen molar-refractivity contribution in [2.24, 2.45) is 5.92 Å². The molecule has 4 rings (SSSR count). The molecule has 32 heavy (non-hydrogen) atoms. The molecule has 2 aliphatic rings. The second kappa shape index (κ2) is 10.1. The van der Waals surface area contributed by atoms with Crippen LogP contribution in [0.4, 0.5) is 21.1 Å². The number of likely N-dealkylation sites (tertiary alicyclic amines) is 1. The van der Waals surface area contributed by atoms with E-state index in [0.717, 1.165) is 43.2 Å². The van der Waals surface area contributed by atoms with Crippen LogP contribution in [0.25, 0.3) is 0 Å². The molecule has 3 amide bonds. The third-order valence-corrected chi connectivity index (χ3v) is 6.53. The highest BCUT2D eigenvalue weighted by Gasteiger charge is 2.25. The molecular weight excluding hydrogens is 430 g/mol. The van der Waals surface area contributed by atoms with Gasteiger partial charge in [-0.3, -0.25) is 0 Å². The number of pyridine rings is 1. The molecule has 0 bridgehead atoms. The van der Waals surface area contributed by atoms with E-state index in [2.05, 4.69) is 32.7 Å². The molecule has 3 N–H and O–H groups in total. The summed E-state index contributed by atoms with van der Waals surface area (Å²) < 4.78 is 0. The van der Waals surface area contributed by atoms with Crippen LogP contribution >= 0.6 is 11.6 Å². The van der Waals surface area contributed by atoms with Crippen LogP contribution in [0.2, 0.25) is 5.02 Å². The molecule has 1 aromatic heterocycles. The second-order valence-electron chi connectivity index (χ2n) is 8.43. The van der Waals surface area contributed by atoms with Gasteiger partial charge in [-0.2, -0.15) is 0 Å². The molecule has 1 atom stereocenters. The lowest BCUT2D eigenvalue weighted by atomic mass is 9.89. The minimum Gasteiger partial charge on any atom is -0.465 e. The predicted octanol–water partition coefficient (Wildman–Crippen LogP) is 4.24. The number of amides is 3. The van der Waals surface area contributed by atoms with E-state index < -0.39 is 6.09 Å². The highest BCUT2D eigenvalue weighted by molar-refractivity contribution is 6.30. The van der Waals surface area contributed by atoms with Gasteiger partial charge < -0.3 is 25.5 Å². The van der Waals surface area contributed by atoms with Crippen LogP contribution < -0.4 is 15.5 Å². The molecule has 1 aromatic carbocycles. The van der Waals surface area contributed by atoms with Gasteiger partial charge in [-0.25, -0.2) is 14.6 Å². The number of aromatic nitrogens is 1. The summed E-state index contributed by atoms with van der Waals surface area (Å²) in [6.07, 6.45) is 3.47. The third-order valence-electron chi connectivity index (χ3n) is 6.27. The van der Waals surface area contributed by atoms with Crippen LogP contribution in [0.1, 0.15) is 30.7 Å². The Balaban J connectivity index is 1.24. The van der Waals surface area contributed by atoms with Crippen LogP contribution in [0.5, 0.6) is 0 Å². The molecule has 2 saturated heterocycles. The van der Waals surface area contributed by atoms with Gasteiger partial charge in [-0.05, 0) is 60.9 Å². The summed E-state index contributed by atoms with van der Waals surface area (Å²) in [5, 5.41) is 14.9. The summed E-state index contributed by atoms with van der Waals surface area (Å²) in [4.78, 5) is 31.8. The zero-order chi connectivity index (χ0) is 22.5. The smallest absolute Gasteiger partial charge is 0.404 e. The van der Waals surface area contributed by atoms with Crippen LogP contribution in [-0.2, 0) is 0 Å². The lowest BCUT2D eigenvalue weighted by Gasteiger charge is -2.32. The summed E-state index contributed by atoms with van der Waals surface area (Å²) in [7, 11) is 0. The number of carbonyl (C=O) groups is 2. The molecule has 0 spiro atoms. The van der Waals surface area contributed by atoms with Gasteiger partial charge in [-0.1, -0.05) is 23.7 Å². The molecule has 8 nitrogen and oxygen atoms in total. The number of anilines is 2. The minimum absolute atomic E-state index is 0.102. The van der Waals surface area contributed by atoms with Crippen molar-refractivity contribution in [2.45, 2.75) is 25.2 Å². The number of piperidine rings is 1. The van der Waals surface area contributed by atoms with E-state index in [1.807, 2.05) is 29.2 Å². The molecule has 0 saturated carbocycles. The fraction of sp³-hybridized carbons (Fsp3) is 0.435. The highest BCUT2D eigenvalue weighted by Crippen LogP contribution is 2.29. The first kappa shape index (κ1) is 22.2. The first-order chi connectivity index (χ1) is 15.5. The van der Waals surface area contributed by atoms with Gasteiger partial charge in [0.05, 0.1) is 11.9 Å². The number of nitrogens with one attached hydrogen (secondary N) is 2. The lowest BCUT2D eigenvalue weighted by molar-refractivity contribution is 0.192. The molecule has 0 aliphatic carbocycles. The normalized spacial score (nSPS) is 19.1. The van der Waals surface area contributed by atoms with Crippen LogP contribution in [0.3, 0.4) is 0 Å². The molecule has 1 unspecified atom stereocenters. The van der Waals surface area contributed by atoms with Gasteiger partial charge in [0.15, 0.2) is 0 Å². The Morgan fingerprint density at radius 2 is 1.81 bits per heavy atom. The molecular formula is C23H28ClN5O3. The molecule has 3 heterocycles. The molecule has 170 valence electrons. The fourth-order valence-corrected chi connectivity index (χ4v) is 4.57. The quantitative estimate of drug-likeness (QED) is 0.623. The van der Waals surface area contributed by atoms with Crippen molar-refractivity contribution in [3.63, 3.8) is 0 Å². The summed E-state index contributed by atoms with van der Waals surface area (Å²) in [6.45, 7) is 3.48. The summed E-state index contributed by atoms with van der Waals surface area (Å²) in [5.74, 6) is 1.57. The maximum Gasteiger partial charge on any atom is 0.404 e.